The van der Waals surface area contributed by atoms with Crippen LogP contribution in [0.25, 0.3) is 0 Å². The minimum absolute atomic E-state index is 0.0953. The van der Waals surface area contributed by atoms with Crippen molar-refractivity contribution < 1.29 is 18.8 Å². The van der Waals surface area contributed by atoms with Crippen molar-refractivity contribution in [3.05, 3.63) is 47.9 Å². The molecule has 1 aromatic rings. The second kappa shape index (κ2) is 5.87. The van der Waals surface area contributed by atoms with Crippen molar-refractivity contribution in [2.24, 2.45) is 0 Å². The van der Waals surface area contributed by atoms with Crippen LogP contribution in [-0.2, 0) is 9.59 Å². The number of hydrogen-bond acceptors (Lipinski definition) is 3. The van der Waals surface area contributed by atoms with E-state index in [-0.39, 0.29) is 24.3 Å². The van der Waals surface area contributed by atoms with Crippen LogP contribution in [0.5, 0.6) is 0 Å². The van der Waals surface area contributed by atoms with Gasteiger partial charge < -0.3 is 4.90 Å². The minimum Gasteiger partial charge on any atom is -0.303 e. The van der Waals surface area contributed by atoms with E-state index in [9.17, 15) is 18.8 Å². The molecule has 1 fully saturated rings. The first-order chi connectivity index (χ1) is 9.95. The molecule has 0 saturated carbocycles. The Morgan fingerprint density at radius 2 is 2.19 bits per heavy atom. The van der Waals surface area contributed by atoms with Crippen LogP contribution in [0.4, 0.5) is 4.39 Å². The van der Waals surface area contributed by atoms with Crippen molar-refractivity contribution >= 4 is 17.7 Å². The molecule has 1 aliphatic heterocycles. The lowest BCUT2D eigenvalue weighted by Crippen LogP contribution is -2.52. The van der Waals surface area contributed by atoms with Crippen LogP contribution in [0.1, 0.15) is 28.8 Å². The third kappa shape index (κ3) is 2.84. The second-order valence-corrected chi connectivity index (χ2v) is 4.79. The van der Waals surface area contributed by atoms with E-state index in [4.69, 9.17) is 0 Å². The first-order valence-electron chi connectivity index (χ1n) is 6.49. The van der Waals surface area contributed by atoms with Gasteiger partial charge in [0.2, 0.25) is 11.8 Å². The van der Waals surface area contributed by atoms with E-state index in [1.165, 1.54) is 18.3 Å². The third-order valence-corrected chi connectivity index (χ3v) is 3.41. The fourth-order valence-electron chi connectivity index (χ4n) is 2.33. The topological polar surface area (TPSA) is 66.5 Å². The standard InChI is InChI=1S/C15H15FN2O3/c1-3-18(11-7-8-12(19)17-14(11)20)15(21)13-9(2)5-4-6-10(13)16/h3-6,11H,1,7-8H2,2H3,(H,17,19,20). The summed E-state index contributed by atoms with van der Waals surface area (Å²) in [7, 11) is 0. The molecule has 21 heavy (non-hydrogen) atoms. The summed E-state index contributed by atoms with van der Waals surface area (Å²) >= 11 is 0. The summed E-state index contributed by atoms with van der Waals surface area (Å²) in [6.45, 7) is 5.13. The molecule has 2 rings (SSSR count). The summed E-state index contributed by atoms with van der Waals surface area (Å²) in [5, 5.41) is 2.17. The van der Waals surface area contributed by atoms with Gasteiger partial charge in [-0.2, -0.15) is 0 Å². The van der Waals surface area contributed by atoms with Crippen LogP contribution in [0.2, 0.25) is 0 Å². The zero-order valence-electron chi connectivity index (χ0n) is 11.6. The smallest absolute Gasteiger partial charge is 0.261 e. The molecule has 1 heterocycles. The van der Waals surface area contributed by atoms with Crippen molar-refractivity contribution in [3.8, 4) is 0 Å². The van der Waals surface area contributed by atoms with Gasteiger partial charge in [-0.05, 0) is 25.0 Å². The number of carbonyl (C=O) groups is 3. The molecular formula is C15H15FN2O3. The molecule has 0 aliphatic carbocycles. The largest absolute Gasteiger partial charge is 0.303 e. The lowest BCUT2D eigenvalue weighted by atomic mass is 10.0. The molecule has 1 aliphatic rings. The number of amides is 3. The molecule has 5 nitrogen and oxygen atoms in total. The van der Waals surface area contributed by atoms with Crippen molar-refractivity contribution in [2.45, 2.75) is 25.8 Å². The molecule has 6 heteroatoms. The maximum Gasteiger partial charge on any atom is 0.261 e. The van der Waals surface area contributed by atoms with E-state index in [0.29, 0.717) is 5.56 Å². The highest BCUT2D eigenvalue weighted by molar-refractivity contribution is 6.04. The zero-order valence-corrected chi connectivity index (χ0v) is 11.6. The highest BCUT2D eigenvalue weighted by Gasteiger charge is 2.34. The van der Waals surface area contributed by atoms with E-state index >= 15 is 0 Å². The van der Waals surface area contributed by atoms with Gasteiger partial charge in [0.15, 0.2) is 0 Å². The average Bonchev–Trinajstić information content (AvgIpc) is 2.41. The zero-order chi connectivity index (χ0) is 15.6. The SMILES string of the molecule is C=CN(C(=O)c1c(C)cccc1F)C1CCC(=O)NC1=O. The van der Waals surface area contributed by atoms with Gasteiger partial charge >= 0.3 is 0 Å². The summed E-state index contributed by atoms with van der Waals surface area (Å²) < 4.78 is 13.9. The van der Waals surface area contributed by atoms with Gasteiger partial charge in [0, 0.05) is 12.6 Å². The maximum absolute atomic E-state index is 13.9. The highest BCUT2D eigenvalue weighted by Crippen LogP contribution is 2.20. The molecule has 1 atom stereocenters. The van der Waals surface area contributed by atoms with Crippen LogP contribution >= 0.6 is 0 Å². The summed E-state index contributed by atoms with van der Waals surface area (Å²) in [6.07, 6.45) is 1.51. The van der Waals surface area contributed by atoms with Gasteiger partial charge in [0.05, 0.1) is 5.56 Å². The number of rotatable bonds is 3. The van der Waals surface area contributed by atoms with Crippen molar-refractivity contribution in [3.63, 3.8) is 0 Å². The van der Waals surface area contributed by atoms with E-state index in [1.807, 2.05) is 0 Å². The van der Waals surface area contributed by atoms with Crippen LogP contribution in [0, 0.1) is 12.7 Å². The molecule has 1 saturated heterocycles. The molecular weight excluding hydrogens is 275 g/mol. The predicted molar refractivity (Wildman–Crippen MR) is 73.7 cm³/mol. The van der Waals surface area contributed by atoms with Crippen LogP contribution in [-0.4, -0.2) is 28.7 Å². The molecule has 0 radical (unpaired) electrons. The molecule has 0 aromatic heterocycles. The molecule has 0 bridgehead atoms. The number of piperidine rings is 1. The van der Waals surface area contributed by atoms with Gasteiger partial charge in [0.1, 0.15) is 11.9 Å². The Labute approximate surface area is 121 Å². The van der Waals surface area contributed by atoms with Crippen molar-refractivity contribution in [2.75, 3.05) is 0 Å². The number of nitrogens with zero attached hydrogens (tertiary/aromatic N) is 1. The average molecular weight is 290 g/mol. The Kier molecular flexibility index (Phi) is 4.16. The third-order valence-electron chi connectivity index (χ3n) is 3.41. The fraction of sp³-hybridized carbons (Fsp3) is 0.267. The van der Waals surface area contributed by atoms with Gasteiger partial charge in [-0.1, -0.05) is 18.7 Å². The summed E-state index contributed by atoms with van der Waals surface area (Å²) in [6, 6.07) is 3.45. The first kappa shape index (κ1) is 14.9. The maximum atomic E-state index is 13.9. The number of imide groups is 1. The Hall–Kier alpha value is -2.50. The molecule has 1 aromatic carbocycles. The Balaban J connectivity index is 2.33. The monoisotopic (exact) mass is 290 g/mol. The van der Waals surface area contributed by atoms with Gasteiger partial charge in [-0.25, -0.2) is 4.39 Å². The number of carbonyl (C=O) groups excluding carboxylic acids is 3. The molecule has 0 spiro atoms. The Morgan fingerprint density at radius 3 is 2.76 bits per heavy atom. The number of halogens is 1. The van der Waals surface area contributed by atoms with Crippen molar-refractivity contribution in [1.29, 1.82) is 0 Å². The number of aryl methyl sites for hydroxylation is 1. The normalized spacial score (nSPS) is 18.1. The van der Waals surface area contributed by atoms with E-state index in [1.54, 1.807) is 13.0 Å². The number of hydrogen-bond donors (Lipinski definition) is 1. The quantitative estimate of drug-likeness (QED) is 0.858. The summed E-state index contributed by atoms with van der Waals surface area (Å²) in [4.78, 5) is 36.6. The number of nitrogens with one attached hydrogen (secondary N) is 1. The molecule has 110 valence electrons. The van der Waals surface area contributed by atoms with Gasteiger partial charge in [-0.15, -0.1) is 0 Å². The second-order valence-electron chi connectivity index (χ2n) is 4.79. The highest BCUT2D eigenvalue weighted by atomic mass is 19.1. The van der Waals surface area contributed by atoms with Gasteiger partial charge in [0.25, 0.3) is 5.91 Å². The van der Waals surface area contributed by atoms with Crippen LogP contribution < -0.4 is 5.32 Å². The van der Waals surface area contributed by atoms with E-state index < -0.39 is 23.7 Å². The van der Waals surface area contributed by atoms with Crippen LogP contribution in [0.3, 0.4) is 0 Å². The van der Waals surface area contributed by atoms with Gasteiger partial charge in [-0.3, -0.25) is 19.7 Å². The predicted octanol–water partition coefficient (Wildman–Crippen LogP) is 1.53. The van der Waals surface area contributed by atoms with Crippen molar-refractivity contribution in [1.82, 2.24) is 10.2 Å². The lowest BCUT2D eigenvalue weighted by molar-refractivity contribution is -0.136. The molecule has 1 N–H and O–H groups in total. The Morgan fingerprint density at radius 1 is 1.48 bits per heavy atom. The summed E-state index contributed by atoms with van der Waals surface area (Å²) in [5.41, 5.74) is 0.376. The fourth-order valence-corrected chi connectivity index (χ4v) is 2.33. The Bertz CT molecular complexity index is 607. The molecule has 3 amide bonds. The number of benzene rings is 1. The van der Waals surface area contributed by atoms with Crippen LogP contribution in [0.15, 0.2) is 31.0 Å². The molecule has 1 unspecified atom stereocenters. The first-order valence-corrected chi connectivity index (χ1v) is 6.49. The minimum atomic E-state index is -0.855. The van der Waals surface area contributed by atoms with E-state index in [2.05, 4.69) is 11.9 Å². The van der Waals surface area contributed by atoms with E-state index in [0.717, 1.165) is 4.90 Å². The summed E-state index contributed by atoms with van der Waals surface area (Å²) in [5.74, 6) is -2.25. The lowest BCUT2D eigenvalue weighted by Gasteiger charge is -2.30.